The molecule has 10 heavy (non-hydrogen) atoms. The van der Waals surface area contributed by atoms with Crippen LogP contribution >= 0.6 is 0 Å². The molecule has 0 N–H and O–H groups in total. The standard InChI is InChI=1S/C6H16N2OSi/c1-4-5-9-6-7(2)10-8(6)3/h6H,4-5,10H2,1-3H3. The van der Waals surface area contributed by atoms with Crippen LogP contribution in [0.15, 0.2) is 0 Å². The smallest absolute Gasteiger partial charge is 0.178 e. The maximum Gasteiger partial charge on any atom is 0.178 e. The molecule has 4 heteroatoms. The van der Waals surface area contributed by atoms with Crippen LogP contribution in [-0.2, 0) is 4.74 Å². The molecule has 1 fully saturated rings. The first-order chi connectivity index (χ1) is 4.75. The van der Waals surface area contributed by atoms with E-state index in [4.69, 9.17) is 4.74 Å². The van der Waals surface area contributed by atoms with Gasteiger partial charge in [-0.2, -0.15) is 0 Å². The minimum absolute atomic E-state index is 0.0800. The molecule has 0 amide bonds. The van der Waals surface area contributed by atoms with Gasteiger partial charge in [-0.05, 0) is 20.5 Å². The monoisotopic (exact) mass is 160 g/mol. The lowest BCUT2D eigenvalue weighted by molar-refractivity contribution is -0.115. The van der Waals surface area contributed by atoms with Crippen molar-refractivity contribution in [2.24, 2.45) is 0 Å². The maximum atomic E-state index is 5.54. The number of hydrogen-bond acceptors (Lipinski definition) is 3. The largest absolute Gasteiger partial charge is 0.351 e. The van der Waals surface area contributed by atoms with E-state index in [1.54, 1.807) is 0 Å². The van der Waals surface area contributed by atoms with Gasteiger partial charge in [-0.3, -0.25) is 9.13 Å². The van der Waals surface area contributed by atoms with E-state index in [0.29, 0.717) is 6.35 Å². The summed E-state index contributed by atoms with van der Waals surface area (Å²) in [5.41, 5.74) is 0. The van der Waals surface area contributed by atoms with Crippen molar-refractivity contribution in [3.8, 4) is 0 Å². The van der Waals surface area contributed by atoms with Gasteiger partial charge in [0.1, 0.15) is 0 Å². The van der Waals surface area contributed by atoms with Crippen molar-refractivity contribution in [1.29, 1.82) is 0 Å². The summed E-state index contributed by atoms with van der Waals surface area (Å²) in [5, 5.41) is 0. The number of nitrogens with zero attached hydrogens (tertiary/aromatic N) is 2. The SMILES string of the molecule is CCCOC1N(C)[SiH2]N1C. The predicted octanol–water partition coefficient (Wildman–Crippen LogP) is -0.427. The molecule has 60 valence electrons. The highest BCUT2D eigenvalue weighted by Crippen LogP contribution is 2.11. The summed E-state index contributed by atoms with van der Waals surface area (Å²) in [7, 11) is 4.18. The Morgan fingerprint density at radius 2 is 2.00 bits per heavy atom. The fraction of sp³-hybridized carbons (Fsp3) is 1.00. The van der Waals surface area contributed by atoms with Crippen molar-refractivity contribution in [2.75, 3.05) is 20.7 Å². The van der Waals surface area contributed by atoms with Gasteiger partial charge in [0.2, 0.25) is 0 Å². The molecular weight excluding hydrogens is 144 g/mol. The topological polar surface area (TPSA) is 15.7 Å². The molecule has 0 aromatic carbocycles. The molecule has 1 heterocycles. The molecule has 0 spiro atoms. The van der Waals surface area contributed by atoms with Gasteiger partial charge in [-0.25, -0.2) is 0 Å². The minimum Gasteiger partial charge on any atom is -0.351 e. The molecule has 1 saturated heterocycles. The zero-order valence-corrected chi connectivity index (χ0v) is 8.42. The fourth-order valence-corrected chi connectivity index (χ4v) is 2.65. The lowest BCUT2D eigenvalue weighted by atomic mass is 10.5. The first kappa shape index (κ1) is 8.20. The van der Waals surface area contributed by atoms with Crippen LogP contribution in [0.4, 0.5) is 0 Å². The molecular formula is C6H16N2OSi. The van der Waals surface area contributed by atoms with E-state index in [1.165, 1.54) is 0 Å². The normalized spacial score (nSPS) is 30.9. The third-order valence-electron chi connectivity index (χ3n) is 1.67. The maximum absolute atomic E-state index is 5.54. The van der Waals surface area contributed by atoms with Crippen LogP contribution in [0.25, 0.3) is 0 Å². The average Bonchev–Trinajstić information content (AvgIpc) is 1.89. The summed E-state index contributed by atoms with van der Waals surface area (Å²) in [6, 6.07) is 0. The lowest BCUT2D eigenvalue weighted by Crippen LogP contribution is -2.64. The van der Waals surface area contributed by atoms with Crippen LogP contribution in [0.2, 0.25) is 0 Å². The molecule has 0 bridgehead atoms. The van der Waals surface area contributed by atoms with E-state index < -0.39 is 0 Å². The Hall–Kier alpha value is 0.0969. The third kappa shape index (κ3) is 1.57. The Labute approximate surface area is 64.9 Å². The zero-order chi connectivity index (χ0) is 7.56. The van der Waals surface area contributed by atoms with Gasteiger partial charge in [0.25, 0.3) is 0 Å². The molecule has 0 atom stereocenters. The van der Waals surface area contributed by atoms with Gasteiger partial charge in [0.15, 0.2) is 16.2 Å². The Morgan fingerprint density at radius 3 is 2.40 bits per heavy atom. The molecule has 0 aromatic rings. The summed E-state index contributed by atoms with van der Waals surface area (Å²) in [5.74, 6) is 0. The van der Waals surface area contributed by atoms with Crippen LogP contribution in [0, 0.1) is 0 Å². The van der Waals surface area contributed by atoms with Gasteiger partial charge >= 0.3 is 0 Å². The van der Waals surface area contributed by atoms with Gasteiger partial charge in [-0.15, -0.1) is 0 Å². The molecule has 1 aliphatic rings. The molecule has 1 aliphatic heterocycles. The first-order valence-corrected chi connectivity index (χ1v) is 5.04. The highest BCUT2D eigenvalue weighted by atomic mass is 28.2. The third-order valence-corrected chi connectivity index (χ3v) is 3.19. The Morgan fingerprint density at radius 1 is 1.40 bits per heavy atom. The number of hydrogen-bond donors (Lipinski definition) is 0. The average molecular weight is 160 g/mol. The number of rotatable bonds is 3. The van der Waals surface area contributed by atoms with Crippen LogP contribution < -0.4 is 0 Å². The molecule has 0 aromatic heterocycles. The number of ether oxygens (including phenoxy) is 1. The lowest BCUT2D eigenvalue weighted by Gasteiger charge is -2.45. The fourth-order valence-electron chi connectivity index (χ4n) is 1.21. The van der Waals surface area contributed by atoms with Crippen LogP contribution in [0.3, 0.4) is 0 Å². The summed E-state index contributed by atoms with van der Waals surface area (Å²) < 4.78 is 10.2. The highest BCUT2D eigenvalue weighted by Gasteiger charge is 2.30. The van der Waals surface area contributed by atoms with E-state index in [-0.39, 0.29) is 9.84 Å². The second kappa shape index (κ2) is 3.48. The summed E-state index contributed by atoms with van der Waals surface area (Å²) in [6.45, 7) is 3.02. The second-order valence-corrected chi connectivity index (χ2v) is 5.13. The van der Waals surface area contributed by atoms with Gasteiger partial charge in [-0.1, -0.05) is 6.92 Å². The van der Waals surface area contributed by atoms with E-state index in [2.05, 4.69) is 30.2 Å². The molecule has 1 rings (SSSR count). The molecule has 0 unspecified atom stereocenters. The quantitative estimate of drug-likeness (QED) is 0.521. The van der Waals surface area contributed by atoms with Crippen LogP contribution in [0.5, 0.6) is 0 Å². The molecule has 0 aliphatic carbocycles. The Kier molecular flexibility index (Phi) is 2.85. The van der Waals surface area contributed by atoms with E-state index in [9.17, 15) is 0 Å². The van der Waals surface area contributed by atoms with Crippen molar-refractivity contribution in [3.63, 3.8) is 0 Å². The van der Waals surface area contributed by atoms with Crippen molar-refractivity contribution in [1.82, 2.24) is 9.13 Å². The van der Waals surface area contributed by atoms with Crippen LogP contribution in [0.1, 0.15) is 13.3 Å². The van der Waals surface area contributed by atoms with Gasteiger partial charge in [0, 0.05) is 6.61 Å². The van der Waals surface area contributed by atoms with Crippen molar-refractivity contribution in [3.05, 3.63) is 0 Å². The summed E-state index contributed by atoms with van der Waals surface area (Å²) >= 11 is 0. The van der Waals surface area contributed by atoms with Gasteiger partial charge in [0.05, 0.1) is 0 Å². The summed E-state index contributed by atoms with van der Waals surface area (Å²) in [4.78, 5) is 0. The zero-order valence-electron chi connectivity index (χ0n) is 7.00. The molecule has 0 saturated carbocycles. The van der Waals surface area contributed by atoms with Gasteiger partial charge < -0.3 is 4.74 Å². The van der Waals surface area contributed by atoms with Crippen molar-refractivity contribution < 1.29 is 4.74 Å². The summed E-state index contributed by atoms with van der Waals surface area (Å²) in [6.07, 6.45) is 1.41. The predicted molar refractivity (Wildman–Crippen MR) is 44.1 cm³/mol. The van der Waals surface area contributed by atoms with Crippen LogP contribution in [-0.4, -0.2) is 46.0 Å². The molecule has 0 radical (unpaired) electrons. The Bertz CT molecular complexity index is 104. The van der Waals surface area contributed by atoms with Crippen molar-refractivity contribution in [2.45, 2.75) is 19.7 Å². The van der Waals surface area contributed by atoms with E-state index in [0.717, 1.165) is 13.0 Å². The van der Waals surface area contributed by atoms with E-state index in [1.807, 2.05) is 0 Å². The van der Waals surface area contributed by atoms with Crippen molar-refractivity contribution >= 4 is 9.84 Å². The van der Waals surface area contributed by atoms with E-state index >= 15 is 0 Å². The molecule has 3 nitrogen and oxygen atoms in total. The highest BCUT2D eigenvalue weighted by molar-refractivity contribution is 6.31. The first-order valence-electron chi connectivity index (χ1n) is 3.77. The Balaban J connectivity index is 2.14. The minimum atomic E-state index is -0.0800. The second-order valence-electron chi connectivity index (χ2n) is 2.85.